The predicted molar refractivity (Wildman–Crippen MR) is 102 cm³/mol. The van der Waals surface area contributed by atoms with Crippen molar-refractivity contribution in [3.8, 4) is 28.3 Å². The fourth-order valence-corrected chi connectivity index (χ4v) is 2.98. The maximum absolute atomic E-state index is 4.90. The largest absolute Gasteiger partial charge is 0.299 e. The van der Waals surface area contributed by atoms with Gasteiger partial charge in [-0.1, -0.05) is 76.6 Å². The normalized spacial score (nSPS) is 10.7. The first-order chi connectivity index (χ1) is 11.8. The molecule has 0 radical (unpaired) electrons. The zero-order chi connectivity index (χ0) is 16.4. The van der Waals surface area contributed by atoms with Gasteiger partial charge in [-0.25, -0.2) is 4.98 Å². The second-order valence-electron chi connectivity index (χ2n) is 5.53. The lowest BCUT2D eigenvalue weighted by Gasteiger charge is -2.07. The molecule has 0 N–H and O–H groups in total. The van der Waals surface area contributed by atoms with Gasteiger partial charge in [0.25, 0.3) is 0 Å². The standard InChI is InChI=1S/C21H15BrN2/c22-18-13-11-16(12-14-18)20-15-24(19-9-5-2-6-10-19)21(23-20)17-7-3-1-4-8-17/h1-15H. The first kappa shape index (κ1) is 14.9. The zero-order valence-electron chi connectivity index (χ0n) is 12.9. The van der Waals surface area contributed by atoms with Crippen molar-refractivity contribution in [3.63, 3.8) is 0 Å². The molecule has 116 valence electrons. The molecule has 1 aromatic heterocycles. The number of nitrogens with zero attached hydrogens (tertiary/aromatic N) is 2. The van der Waals surface area contributed by atoms with Crippen LogP contribution in [0.5, 0.6) is 0 Å². The van der Waals surface area contributed by atoms with E-state index in [0.717, 1.165) is 32.8 Å². The quantitative estimate of drug-likeness (QED) is 0.431. The number of imidazole rings is 1. The maximum Gasteiger partial charge on any atom is 0.145 e. The number of halogens is 1. The summed E-state index contributed by atoms with van der Waals surface area (Å²) in [5.74, 6) is 0.944. The minimum absolute atomic E-state index is 0.944. The van der Waals surface area contributed by atoms with Crippen LogP contribution in [0.1, 0.15) is 0 Å². The highest BCUT2D eigenvalue weighted by atomic mass is 79.9. The molecule has 4 aromatic rings. The van der Waals surface area contributed by atoms with Gasteiger partial charge in [0, 0.05) is 27.5 Å². The molecule has 0 saturated carbocycles. The topological polar surface area (TPSA) is 17.8 Å². The molecule has 1 heterocycles. The van der Waals surface area contributed by atoms with Gasteiger partial charge in [-0.05, 0) is 24.3 Å². The summed E-state index contributed by atoms with van der Waals surface area (Å²) in [6, 6.07) is 28.8. The minimum Gasteiger partial charge on any atom is -0.299 e. The first-order valence-electron chi connectivity index (χ1n) is 7.77. The average molecular weight is 375 g/mol. The Bertz CT molecular complexity index is 885. The number of hydrogen-bond acceptors (Lipinski definition) is 1. The van der Waals surface area contributed by atoms with E-state index in [1.807, 2.05) is 48.5 Å². The van der Waals surface area contributed by atoms with E-state index >= 15 is 0 Å². The van der Waals surface area contributed by atoms with Crippen LogP contribution in [0.25, 0.3) is 28.3 Å². The van der Waals surface area contributed by atoms with E-state index < -0.39 is 0 Å². The van der Waals surface area contributed by atoms with Crippen molar-refractivity contribution >= 4 is 15.9 Å². The lowest BCUT2D eigenvalue weighted by atomic mass is 10.2. The molecule has 0 saturated heterocycles. The summed E-state index contributed by atoms with van der Waals surface area (Å²) in [5, 5.41) is 0. The summed E-state index contributed by atoms with van der Waals surface area (Å²) < 4.78 is 3.21. The van der Waals surface area contributed by atoms with Gasteiger partial charge in [0.1, 0.15) is 5.82 Å². The number of para-hydroxylation sites is 1. The van der Waals surface area contributed by atoms with E-state index in [-0.39, 0.29) is 0 Å². The van der Waals surface area contributed by atoms with Crippen molar-refractivity contribution in [1.29, 1.82) is 0 Å². The van der Waals surface area contributed by atoms with Crippen molar-refractivity contribution in [2.45, 2.75) is 0 Å². The average Bonchev–Trinajstić information content (AvgIpc) is 3.09. The molecule has 0 aliphatic carbocycles. The van der Waals surface area contributed by atoms with Gasteiger partial charge in [0.05, 0.1) is 5.69 Å². The molecule has 0 atom stereocenters. The Hall–Kier alpha value is -2.65. The van der Waals surface area contributed by atoms with Crippen LogP contribution in [0.3, 0.4) is 0 Å². The first-order valence-corrected chi connectivity index (χ1v) is 8.57. The highest BCUT2D eigenvalue weighted by molar-refractivity contribution is 9.10. The fraction of sp³-hybridized carbons (Fsp3) is 0. The molecule has 0 unspecified atom stereocenters. The summed E-state index contributed by atoms with van der Waals surface area (Å²) in [5.41, 5.74) is 4.27. The summed E-state index contributed by atoms with van der Waals surface area (Å²) in [4.78, 5) is 4.90. The summed E-state index contributed by atoms with van der Waals surface area (Å²) in [7, 11) is 0. The van der Waals surface area contributed by atoms with Crippen LogP contribution in [0.15, 0.2) is 95.6 Å². The Labute approximate surface area is 149 Å². The monoisotopic (exact) mass is 374 g/mol. The number of rotatable bonds is 3. The third kappa shape index (κ3) is 2.91. The second-order valence-corrected chi connectivity index (χ2v) is 6.44. The van der Waals surface area contributed by atoms with Gasteiger partial charge in [-0.2, -0.15) is 0 Å². The number of hydrogen-bond donors (Lipinski definition) is 0. The van der Waals surface area contributed by atoms with Gasteiger partial charge < -0.3 is 0 Å². The van der Waals surface area contributed by atoms with Crippen LogP contribution < -0.4 is 0 Å². The van der Waals surface area contributed by atoms with Crippen LogP contribution in [0.4, 0.5) is 0 Å². The molecular formula is C21H15BrN2. The Morgan fingerprint density at radius 3 is 1.96 bits per heavy atom. The van der Waals surface area contributed by atoms with Gasteiger partial charge >= 0.3 is 0 Å². The summed E-state index contributed by atoms with van der Waals surface area (Å²) >= 11 is 3.49. The summed E-state index contributed by atoms with van der Waals surface area (Å²) in [6.07, 6.45) is 2.10. The third-order valence-electron chi connectivity index (χ3n) is 3.91. The molecule has 2 nitrogen and oxygen atoms in total. The smallest absolute Gasteiger partial charge is 0.145 e. The lowest BCUT2D eigenvalue weighted by Crippen LogP contribution is -1.95. The van der Waals surface area contributed by atoms with E-state index in [4.69, 9.17) is 4.98 Å². The number of aromatic nitrogens is 2. The van der Waals surface area contributed by atoms with Crippen molar-refractivity contribution in [2.24, 2.45) is 0 Å². The molecule has 0 aliphatic rings. The molecule has 3 aromatic carbocycles. The minimum atomic E-state index is 0.944. The van der Waals surface area contributed by atoms with Crippen LogP contribution in [0, 0.1) is 0 Å². The predicted octanol–water partition coefficient (Wildman–Crippen LogP) is 5.97. The molecule has 0 amide bonds. The summed E-state index contributed by atoms with van der Waals surface area (Å²) in [6.45, 7) is 0. The molecule has 0 bridgehead atoms. The third-order valence-corrected chi connectivity index (χ3v) is 4.44. The molecular weight excluding hydrogens is 360 g/mol. The van der Waals surface area contributed by atoms with Crippen molar-refractivity contribution < 1.29 is 0 Å². The van der Waals surface area contributed by atoms with Crippen LogP contribution in [0.2, 0.25) is 0 Å². The Balaban J connectivity index is 1.89. The molecule has 4 rings (SSSR count). The molecule has 0 spiro atoms. The van der Waals surface area contributed by atoms with E-state index in [0.29, 0.717) is 0 Å². The Morgan fingerprint density at radius 1 is 0.667 bits per heavy atom. The van der Waals surface area contributed by atoms with Crippen LogP contribution >= 0.6 is 15.9 Å². The SMILES string of the molecule is Brc1ccc(-c2cn(-c3ccccc3)c(-c3ccccc3)n2)cc1. The number of benzene rings is 3. The van der Waals surface area contributed by atoms with Crippen LogP contribution in [-0.2, 0) is 0 Å². The van der Waals surface area contributed by atoms with Crippen molar-refractivity contribution in [3.05, 3.63) is 95.6 Å². The van der Waals surface area contributed by atoms with Gasteiger partial charge in [0.15, 0.2) is 0 Å². The molecule has 24 heavy (non-hydrogen) atoms. The molecule has 3 heteroatoms. The maximum atomic E-state index is 4.90. The van der Waals surface area contributed by atoms with Gasteiger partial charge in [0.2, 0.25) is 0 Å². The van der Waals surface area contributed by atoms with Crippen LogP contribution in [-0.4, -0.2) is 9.55 Å². The van der Waals surface area contributed by atoms with Gasteiger partial charge in [-0.3, -0.25) is 4.57 Å². The molecule has 0 aliphatic heterocycles. The van der Waals surface area contributed by atoms with E-state index in [2.05, 4.69) is 63.1 Å². The second kappa shape index (κ2) is 6.46. The Kier molecular flexibility index (Phi) is 4.01. The van der Waals surface area contributed by atoms with E-state index in [1.165, 1.54) is 0 Å². The van der Waals surface area contributed by atoms with Crippen molar-refractivity contribution in [2.75, 3.05) is 0 Å². The highest BCUT2D eigenvalue weighted by Crippen LogP contribution is 2.28. The fourth-order valence-electron chi connectivity index (χ4n) is 2.72. The molecule has 0 fully saturated rings. The lowest BCUT2D eigenvalue weighted by molar-refractivity contribution is 1.07. The van der Waals surface area contributed by atoms with Gasteiger partial charge in [-0.15, -0.1) is 0 Å². The highest BCUT2D eigenvalue weighted by Gasteiger charge is 2.12. The zero-order valence-corrected chi connectivity index (χ0v) is 14.5. The van der Waals surface area contributed by atoms with E-state index in [9.17, 15) is 0 Å². The van der Waals surface area contributed by atoms with E-state index in [1.54, 1.807) is 0 Å². The van der Waals surface area contributed by atoms with Crippen molar-refractivity contribution in [1.82, 2.24) is 9.55 Å². The Morgan fingerprint density at radius 2 is 1.29 bits per heavy atom.